The Hall–Kier alpha value is -3.42. The molecule has 1 atom stereocenters. The number of pyridine rings is 1. The van der Waals surface area contributed by atoms with Crippen molar-refractivity contribution in [3.05, 3.63) is 83.0 Å². The quantitative estimate of drug-likeness (QED) is 0.398. The van der Waals surface area contributed by atoms with Crippen molar-refractivity contribution >= 4 is 29.5 Å². The van der Waals surface area contributed by atoms with Gasteiger partial charge in [-0.15, -0.1) is 0 Å². The van der Waals surface area contributed by atoms with Crippen LogP contribution in [0.1, 0.15) is 23.0 Å². The molecule has 3 N–H and O–H groups in total. The highest BCUT2D eigenvalue weighted by Gasteiger charge is 2.16. The molecular weight excluding hydrogens is 406 g/mol. The molecule has 0 unspecified atom stereocenters. The molecule has 0 aliphatic heterocycles. The van der Waals surface area contributed by atoms with Crippen LogP contribution in [-0.2, 0) is 4.79 Å². The molecule has 2 heterocycles. The summed E-state index contributed by atoms with van der Waals surface area (Å²) >= 11 is 6.10. The number of hydrogen-bond acceptors (Lipinski definition) is 5. The summed E-state index contributed by atoms with van der Waals surface area (Å²) in [6, 6.07) is 15.3. The molecule has 3 aromatic rings. The minimum absolute atomic E-state index is 0.0253. The number of amides is 2. The molecule has 2 amide bonds. The van der Waals surface area contributed by atoms with E-state index in [9.17, 15) is 14.7 Å². The van der Waals surface area contributed by atoms with Crippen LogP contribution in [0.25, 0.3) is 17.4 Å². The lowest BCUT2D eigenvalue weighted by Gasteiger charge is -2.11. The average molecular weight is 426 g/mol. The molecule has 0 aliphatic carbocycles. The first kappa shape index (κ1) is 21.3. The van der Waals surface area contributed by atoms with Crippen LogP contribution in [0.5, 0.6) is 0 Å². The molecule has 2 aromatic heterocycles. The number of aliphatic hydroxyl groups excluding tert-OH is 1. The lowest BCUT2D eigenvalue weighted by Crippen LogP contribution is -2.37. The fourth-order valence-electron chi connectivity index (χ4n) is 2.57. The van der Waals surface area contributed by atoms with Gasteiger partial charge in [-0.2, -0.15) is 0 Å². The van der Waals surface area contributed by atoms with Crippen LogP contribution < -0.4 is 10.6 Å². The van der Waals surface area contributed by atoms with Crippen LogP contribution in [0.4, 0.5) is 0 Å². The minimum atomic E-state index is -0.733. The van der Waals surface area contributed by atoms with Crippen molar-refractivity contribution in [2.45, 2.75) is 13.0 Å². The van der Waals surface area contributed by atoms with E-state index in [1.807, 2.05) is 0 Å². The molecule has 0 bridgehead atoms. The zero-order valence-electron chi connectivity index (χ0n) is 16.1. The Morgan fingerprint density at radius 3 is 2.63 bits per heavy atom. The molecule has 30 heavy (non-hydrogen) atoms. The monoisotopic (exact) mass is 425 g/mol. The van der Waals surface area contributed by atoms with E-state index in [-0.39, 0.29) is 17.4 Å². The molecule has 3 rings (SSSR count). The number of hydrogen-bond donors (Lipinski definition) is 3. The van der Waals surface area contributed by atoms with Crippen molar-refractivity contribution < 1.29 is 19.1 Å². The molecule has 1 aromatic carbocycles. The van der Waals surface area contributed by atoms with Crippen LogP contribution in [0.15, 0.2) is 70.9 Å². The molecule has 0 spiro atoms. The van der Waals surface area contributed by atoms with Gasteiger partial charge in [0, 0.05) is 24.4 Å². The van der Waals surface area contributed by atoms with Gasteiger partial charge in [-0.3, -0.25) is 9.59 Å². The number of halogens is 1. The van der Waals surface area contributed by atoms with Gasteiger partial charge in [0.05, 0.1) is 11.7 Å². The number of nitrogens with zero attached hydrogens (tertiary/aromatic N) is 1. The van der Waals surface area contributed by atoms with Crippen LogP contribution in [-0.4, -0.2) is 34.6 Å². The number of rotatable bonds is 7. The largest absolute Gasteiger partial charge is 0.457 e. The number of aromatic nitrogens is 1. The molecule has 0 aliphatic rings. The highest BCUT2D eigenvalue weighted by molar-refractivity contribution is 6.31. The van der Waals surface area contributed by atoms with E-state index in [0.29, 0.717) is 22.6 Å². The van der Waals surface area contributed by atoms with Crippen LogP contribution in [0, 0.1) is 0 Å². The van der Waals surface area contributed by atoms with Gasteiger partial charge in [0.1, 0.15) is 22.4 Å². The van der Waals surface area contributed by atoms with E-state index < -0.39 is 17.9 Å². The minimum Gasteiger partial charge on any atom is -0.457 e. The summed E-state index contributed by atoms with van der Waals surface area (Å²) in [6.45, 7) is 1.58. The average Bonchev–Trinajstić information content (AvgIpc) is 3.20. The highest BCUT2D eigenvalue weighted by Crippen LogP contribution is 2.28. The Labute approximate surface area is 178 Å². The summed E-state index contributed by atoms with van der Waals surface area (Å²) in [7, 11) is 0. The van der Waals surface area contributed by atoms with Crippen LogP contribution >= 0.6 is 11.6 Å². The molecular formula is C22H20ClN3O4. The summed E-state index contributed by atoms with van der Waals surface area (Å²) in [5.74, 6) is -0.202. The van der Waals surface area contributed by atoms with E-state index >= 15 is 0 Å². The van der Waals surface area contributed by atoms with Crippen molar-refractivity contribution in [2.24, 2.45) is 0 Å². The second kappa shape index (κ2) is 9.87. The maximum atomic E-state index is 12.6. The van der Waals surface area contributed by atoms with Gasteiger partial charge < -0.3 is 20.2 Å². The summed E-state index contributed by atoms with van der Waals surface area (Å²) in [5.41, 5.74) is 0.976. The summed E-state index contributed by atoms with van der Waals surface area (Å²) in [4.78, 5) is 29.1. The van der Waals surface area contributed by atoms with Gasteiger partial charge in [-0.05, 0) is 43.3 Å². The second-order valence-electron chi connectivity index (χ2n) is 6.48. The fraction of sp³-hybridized carbons (Fsp3) is 0.136. The third-order valence-electron chi connectivity index (χ3n) is 4.02. The Morgan fingerprint density at radius 2 is 1.93 bits per heavy atom. The number of benzene rings is 1. The van der Waals surface area contributed by atoms with Crippen molar-refractivity contribution in [2.75, 3.05) is 6.54 Å². The fourth-order valence-corrected chi connectivity index (χ4v) is 2.78. The first-order valence-electron chi connectivity index (χ1n) is 9.19. The number of carbonyl (C=O) groups excluding carboxylic acids is 2. The van der Waals surface area contributed by atoms with Crippen molar-refractivity contribution in [1.82, 2.24) is 15.6 Å². The smallest absolute Gasteiger partial charge is 0.268 e. The van der Waals surface area contributed by atoms with Crippen LogP contribution in [0.2, 0.25) is 5.15 Å². The van der Waals surface area contributed by atoms with Gasteiger partial charge in [0.25, 0.3) is 11.8 Å². The SMILES string of the molecule is C[C@H](O)CNC(=O)/C(=C\c1ccc(-c2cccnc2Cl)o1)NC(=O)c1ccccc1. The first-order chi connectivity index (χ1) is 14.4. The first-order valence-corrected chi connectivity index (χ1v) is 9.57. The Kier molecular flexibility index (Phi) is 7.00. The van der Waals surface area contributed by atoms with E-state index in [0.717, 1.165) is 0 Å². The highest BCUT2D eigenvalue weighted by atomic mass is 35.5. The van der Waals surface area contributed by atoms with E-state index in [1.54, 1.807) is 67.7 Å². The third kappa shape index (κ3) is 5.56. The predicted molar refractivity (Wildman–Crippen MR) is 114 cm³/mol. The molecule has 0 fully saturated rings. The van der Waals surface area contributed by atoms with Gasteiger partial charge in [0.2, 0.25) is 0 Å². The number of carbonyl (C=O) groups is 2. The molecule has 7 nitrogen and oxygen atoms in total. The number of nitrogens with one attached hydrogen (secondary N) is 2. The maximum absolute atomic E-state index is 12.6. The predicted octanol–water partition coefficient (Wildman–Crippen LogP) is 3.26. The Morgan fingerprint density at radius 1 is 1.17 bits per heavy atom. The lowest BCUT2D eigenvalue weighted by atomic mass is 10.2. The van der Waals surface area contributed by atoms with Crippen molar-refractivity contribution in [3.63, 3.8) is 0 Å². The molecule has 0 saturated heterocycles. The van der Waals surface area contributed by atoms with Gasteiger partial charge in [-0.1, -0.05) is 29.8 Å². The normalized spacial score (nSPS) is 12.3. The van der Waals surface area contributed by atoms with E-state index in [2.05, 4.69) is 15.6 Å². The van der Waals surface area contributed by atoms with Gasteiger partial charge in [-0.25, -0.2) is 4.98 Å². The summed E-state index contributed by atoms with van der Waals surface area (Å²) in [5, 5.41) is 14.9. The molecule has 154 valence electrons. The third-order valence-corrected chi connectivity index (χ3v) is 4.33. The molecule has 8 heteroatoms. The van der Waals surface area contributed by atoms with Crippen molar-refractivity contribution in [1.29, 1.82) is 0 Å². The molecule has 0 saturated carbocycles. The topological polar surface area (TPSA) is 104 Å². The van der Waals surface area contributed by atoms with Gasteiger partial charge in [0.15, 0.2) is 0 Å². The van der Waals surface area contributed by atoms with Crippen molar-refractivity contribution in [3.8, 4) is 11.3 Å². The Bertz CT molecular complexity index is 1060. The number of furan rings is 1. The van der Waals surface area contributed by atoms with Crippen LogP contribution in [0.3, 0.4) is 0 Å². The summed E-state index contributed by atoms with van der Waals surface area (Å²) < 4.78 is 5.76. The number of aliphatic hydroxyl groups is 1. The van der Waals surface area contributed by atoms with E-state index in [1.165, 1.54) is 6.08 Å². The van der Waals surface area contributed by atoms with E-state index in [4.69, 9.17) is 16.0 Å². The summed E-state index contributed by atoms with van der Waals surface area (Å²) in [6.07, 6.45) is 2.24. The maximum Gasteiger partial charge on any atom is 0.268 e. The molecule has 0 radical (unpaired) electrons. The lowest BCUT2D eigenvalue weighted by molar-refractivity contribution is -0.118. The zero-order valence-corrected chi connectivity index (χ0v) is 16.9. The zero-order chi connectivity index (χ0) is 21.5. The van der Waals surface area contributed by atoms with Gasteiger partial charge >= 0.3 is 0 Å². The second-order valence-corrected chi connectivity index (χ2v) is 6.84. The standard InChI is InChI=1S/C22H20ClN3O4/c1-14(27)13-25-22(29)18(26-21(28)15-6-3-2-4-7-15)12-16-9-10-19(30-16)17-8-5-11-24-20(17)23/h2-12,14,27H,13H2,1H3,(H,25,29)(H,26,28)/b18-12+/t14-/m0/s1. The Balaban J connectivity index is 1.87.